The van der Waals surface area contributed by atoms with Crippen molar-refractivity contribution in [2.24, 2.45) is 5.92 Å². The summed E-state index contributed by atoms with van der Waals surface area (Å²) < 4.78 is 68.8. The van der Waals surface area contributed by atoms with E-state index >= 15 is 0 Å². The van der Waals surface area contributed by atoms with Gasteiger partial charge in [0.05, 0.1) is 26.4 Å². The van der Waals surface area contributed by atoms with Crippen LogP contribution in [0.1, 0.15) is 446 Å². The number of hydrogen-bond acceptors (Lipinski definition) is 15. The number of phosphoric ester groups is 2. The smallest absolute Gasteiger partial charge is 0.462 e. The Labute approximate surface area is 626 Å². The highest BCUT2D eigenvalue weighted by Crippen LogP contribution is 2.45. The van der Waals surface area contributed by atoms with E-state index in [1.807, 2.05) is 0 Å². The van der Waals surface area contributed by atoms with Crippen molar-refractivity contribution >= 4 is 39.5 Å². The standard InChI is InChI=1S/C83H162O17P2/c1-6-9-12-15-18-21-23-25-27-28-29-30-35-38-42-47-52-57-62-67-81(86)94-73-79(100-83(88)69-64-59-54-49-44-40-36-32-31-34-37-41-46-50-55-60-65-76(4)5)75-98-102(91,92)96-71-77(84)70-95-101(89,90)97-74-78(72-93-80(85)66-61-56-51-45-20-17-14-11-8-3)99-82(87)68-63-58-53-48-43-39-33-26-24-22-19-16-13-10-7-2/h76-79,84H,6-75H2,1-5H3,(H,89,90)(H,91,92)/t77-,78+,79+/m0/s1. The molecule has 0 aliphatic rings. The number of unbranched alkanes of at least 4 members (excludes halogenated alkanes) is 55. The first-order valence-electron chi connectivity index (χ1n) is 43.1. The molecule has 0 bridgehead atoms. The number of hydrogen-bond donors (Lipinski definition) is 3. The lowest BCUT2D eigenvalue weighted by atomic mass is 10.0. The van der Waals surface area contributed by atoms with Crippen LogP contribution in [0.15, 0.2) is 0 Å². The zero-order valence-corrected chi connectivity index (χ0v) is 68.5. The van der Waals surface area contributed by atoms with E-state index in [1.54, 1.807) is 0 Å². The quantitative estimate of drug-likeness (QED) is 0.0222. The van der Waals surface area contributed by atoms with Crippen molar-refractivity contribution in [2.75, 3.05) is 39.6 Å². The minimum absolute atomic E-state index is 0.109. The summed E-state index contributed by atoms with van der Waals surface area (Å²) in [6.07, 6.45) is 68.0. The minimum Gasteiger partial charge on any atom is -0.462 e. The molecule has 0 saturated carbocycles. The molecule has 5 atom stereocenters. The fourth-order valence-electron chi connectivity index (χ4n) is 12.9. The molecule has 3 N–H and O–H groups in total. The Bertz CT molecular complexity index is 1940. The Morgan fingerprint density at radius 2 is 0.451 bits per heavy atom. The van der Waals surface area contributed by atoms with Gasteiger partial charge in [-0.2, -0.15) is 0 Å². The molecule has 0 spiro atoms. The van der Waals surface area contributed by atoms with Crippen LogP contribution < -0.4 is 0 Å². The number of carbonyl (C=O) groups excluding carboxylic acids is 4. The molecule has 0 heterocycles. The van der Waals surface area contributed by atoms with Crippen LogP contribution in [-0.4, -0.2) is 96.7 Å². The molecule has 0 fully saturated rings. The van der Waals surface area contributed by atoms with Crippen LogP contribution in [0.25, 0.3) is 0 Å². The summed E-state index contributed by atoms with van der Waals surface area (Å²) in [5.41, 5.74) is 0. The predicted octanol–water partition coefficient (Wildman–Crippen LogP) is 25.2. The van der Waals surface area contributed by atoms with Crippen LogP contribution in [0.4, 0.5) is 0 Å². The largest absolute Gasteiger partial charge is 0.472 e. The van der Waals surface area contributed by atoms with Crippen LogP contribution in [0, 0.1) is 5.92 Å². The third-order valence-corrected chi connectivity index (χ3v) is 21.4. The average Bonchev–Trinajstić information content (AvgIpc) is 0.909. The number of carbonyl (C=O) groups is 4. The summed E-state index contributed by atoms with van der Waals surface area (Å²) in [7, 11) is -9.92. The van der Waals surface area contributed by atoms with Gasteiger partial charge in [-0.15, -0.1) is 0 Å². The lowest BCUT2D eigenvalue weighted by molar-refractivity contribution is -0.161. The SMILES string of the molecule is CCCCCCCCCCCCCCCCCCCCCC(=O)OC[C@H](COP(=O)(O)OC[C@@H](O)COP(=O)(O)OC[C@@H](COC(=O)CCCCCCCCCCC)OC(=O)CCCCCCCCCCCCCCCCC)OC(=O)CCCCCCCCCCCCCCCCCCC(C)C. The number of ether oxygens (including phenoxy) is 4. The molecular formula is C83H162O17P2. The fourth-order valence-corrected chi connectivity index (χ4v) is 14.5. The van der Waals surface area contributed by atoms with Gasteiger partial charge in [0.15, 0.2) is 12.2 Å². The van der Waals surface area contributed by atoms with Crippen molar-refractivity contribution in [1.29, 1.82) is 0 Å². The maximum absolute atomic E-state index is 13.1. The molecule has 0 aliphatic carbocycles. The average molecular weight is 1490 g/mol. The van der Waals surface area contributed by atoms with Crippen molar-refractivity contribution in [1.82, 2.24) is 0 Å². The second-order valence-corrected chi connectivity index (χ2v) is 33.3. The monoisotopic (exact) mass is 1490 g/mol. The summed E-state index contributed by atoms with van der Waals surface area (Å²) in [6.45, 7) is 7.36. The third-order valence-electron chi connectivity index (χ3n) is 19.5. The molecule has 606 valence electrons. The van der Waals surface area contributed by atoms with Crippen molar-refractivity contribution in [3.05, 3.63) is 0 Å². The highest BCUT2D eigenvalue weighted by molar-refractivity contribution is 7.47. The Balaban J connectivity index is 5.21. The maximum atomic E-state index is 13.1. The number of aliphatic hydroxyl groups is 1. The van der Waals surface area contributed by atoms with Gasteiger partial charge in [-0.25, -0.2) is 9.13 Å². The van der Waals surface area contributed by atoms with Crippen molar-refractivity contribution < 1.29 is 80.2 Å². The van der Waals surface area contributed by atoms with E-state index in [2.05, 4.69) is 34.6 Å². The first-order chi connectivity index (χ1) is 49.5. The zero-order valence-electron chi connectivity index (χ0n) is 66.8. The molecule has 0 rings (SSSR count). The highest BCUT2D eigenvalue weighted by atomic mass is 31.2. The van der Waals surface area contributed by atoms with Crippen LogP contribution in [0.5, 0.6) is 0 Å². The molecule has 19 heteroatoms. The van der Waals surface area contributed by atoms with Crippen LogP contribution in [0.3, 0.4) is 0 Å². The summed E-state index contributed by atoms with van der Waals surface area (Å²) in [4.78, 5) is 73.1. The lowest BCUT2D eigenvalue weighted by Crippen LogP contribution is -2.30. The van der Waals surface area contributed by atoms with E-state index in [9.17, 15) is 43.2 Å². The van der Waals surface area contributed by atoms with E-state index in [1.165, 1.54) is 270 Å². The molecule has 0 aromatic heterocycles. The number of esters is 4. The second-order valence-electron chi connectivity index (χ2n) is 30.3. The number of phosphoric acid groups is 2. The molecule has 0 aliphatic heterocycles. The van der Waals surface area contributed by atoms with Gasteiger partial charge in [-0.1, -0.05) is 394 Å². The normalized spacial score (nSPS) is 13.8. The van der Waals surface area contributed by atoms with Gasteiger partial charge in [0.1, 0.15) is 19.3 Å². The maximum Gasteiger partial charge on any atom is 0.472 e. The molecule has 17 nitrogen and oxygen atoms in total. The van der Waals surface area contributed by atoms with E-state index in [4.69, 9.17) is 37.0 Å². The molecule has 0 amide bonds. The first kappa shape index (κ1) is 100. The molecular weight excluding hydrogens is 1330 g/mol. The van der Waals surface area contributed by atoms with Gasteiger partial charge in [0, 0.05) is 25.7 Å². The number of aliphatic hydroxyl groups excluding tert-OH is 1. The summed E-state index contributed by atoms with van der Waals surface area (Å²) in [6, 6.07) is 0. The van der Waals surface area contributed by atoms with Crippen LogP contribution >= 0.6 is 15.6 Å². The summed E-state index contributed by atoms with van der Waals surface area (Å²) in [5, 5.41) is 10.6. The van der Waals surface area contributed by atoms with E-state index < -0.39 is 97.5 Å². The topological polar surface area (TPSA) is 237 Å². The van der Waals surface area contributed by atoms with Gasteiger partial charge in [0.25, 0.3) is 0 Å². The first-order valence-corrected chi connectivity index (χ1v) is 46.1. The van der Waals surface area contributed by atoms with Gasteiger partial charge < -0.3 is 33.8 Å². The van der Waals surface area contributed by atoms with E-state index in [0.29, 0.717) is 25.7 Å². The van der Waals surface area contributed by atoms with Crippen LogP contribution in [0.2, 0.25) is 0 Å². The molecule has 0 radical (unpaired) electrons. The van der Waals surface area contributed by atoms with Gasteiger partial charge in [-0.3, -0.25) is 37.3 Å². The Morgan fingerprint density at radius 3 is 0.667 bits per heavy atom. The minimum atomic E-state index is -4.96. The zero-order chi connectivity index (χ0) is 74.8. The molecule has 2 unspecified atom stereocenters. The summed E-state index contributed by atoms with van der Waals surface area (Å²) in [5.74, 6) is -1.29. The van der Waals surface area contributed by atoms with Gasteiger partial charge >= 0.3 is 39.5 Å². The lowest BCUT2D eigenvalue weighted by Gasteiger charge is -2.21. The predicted molar refractivity (Wildman–Crippen MR) is 418 cm³/mol. The second kappa shape index (κ2) is 75.9. The van der Waals surface area contributed by atoms with E-state index in [0.717, 1.165) is 95.8 Å². The summed E-state index contributed by atoms with van der Waals surface area (Å²) >= 11 is 0. The molecule has 102 heavy (non-hydrogen) atoms. The molecule has 0 aromatic rings. The highest BCUT2D eigenvalue weighted by Gasteiger charge is 2.30. The molecule has 0 saturated heterocycles. The van der Waals surface area contributed by atoms with Gasteiger partial charge in [0.2, 0.25) is 0 Å². The Kier molecular flexibility index (Phi) is 74.4. The van der Waals surface area contributed by atoms with Crippen molar-refractivity contribution in [3.8, 4) is 0 Å². The Hall–Kier alpha value is -1.94. The molecule has 0 aromatic carbocycles. The van der Waals surface area contributed by atoms with Gasteiger partial charge in [-0.05, 0) is 31.6 Å². The fraction of sp³-hybridized carbons (Fsp3) is 0.952. The van der Waals surface area contributed by atoms with Crippen molar-refractivity contribution in [3.63, 3.8) is 0 Å². The Morgan fingerprint density at radius 1 is 0.265 bits per heavy atom. The third kappa shape index (κ3) is 76.3. The van der Waals surface area contributed by atoms with Crippen molar-refractivity contribution in [2.45, 2.75) is 464 Å². The number of rotatable bonds is 83. The van der Waals surface area contributed by atoms with Crippen LogP contribution in [-0.2, 0) is 65.4 Å². The van der Waals surface area contributed by atoms with E-state index in [-0.39, 0.29) is 25.7 Å².